The molecule has 2 atom stereocenters. The van der Waals surface area contributed by atoms with E-state index in [4.69, 9.17) is 0 Å². The van der Waals surface area contributed by atoms with Gasteiger partial charge in [-0.05, 0) is 17.2 Å². The van der Waals surface area contributed by atoms with Crippen LogP contribution in [0.1, 0.15) is 18.2 Å². The van der Waals surface area contributed by atoms with Crippen molar-refractivity contribution in [3.8, 4) is 0 Å². The van der Waals surface area contributed by atoms with Crippen LogP contribution in [0.5, 0.6) is 0 Å². The number of aliphatic imine (C=N–C) groups is 1. The fraction of sp³-hybridized carbons (Fsp3) is 0.222. The van der Waals surface area contributed by atoms with Gasteiger partial charge in [0.1, 0.15) is 6.17 Å². The van der Waals surface area contributed by atoms with E-state index in [-0.39, 0.29) is 12.3 Å². The number of imidazole rings is 1. The van der Waals surface area contributed by atoms with E-state index >= 15 is 0 Å². The molecule has 1 aromatic heterocycles. The molecule has 5 heteroatoms. The monoisotopic (exact) mass is 305 g/mol. The van der Waals surface area contributed by atoms with Gasteiger partial charge < -0.3 is 9.88 Å². The number of hydrogen-bond acceptors (Lipinski definition) is 4. The number of aromatic nitrogens is 2. The summed E-state index contributed by atoms with van der Waals surface area (Å²) in [5, 5.41) is 7.29. The predicted molar refractivity (Wildman–Crippen MR) is 90.7 cm³/mol. The van der Waals surface area contributed by atoms with E-state index in [9.17, 15) is 0 Å². The molecule has 2 N–H and O–H groups in total. The Morgan fingerprint density at radius 2 is 2.13 bits per heavy atom. The van der Waals surface area contributed by atoms with Crippen molar-refractivity contribution in [3.05, 3.63) is 78.2 Å². The number of hydrogen-bond donors (Lipinski definition) is 2. The molecule has 0 aliphatic carbocycles. The van der Waals surface area contributed by atoms with Crippen molar-refractivity contribution in [2.45, 2.75) is 25.2 Å². The van der Waals surface area contributed by atoms with Gasteiger partial charge in [-0.15, -0.1) is 0 Å². The highest BCUT2D eigenvalue weighted by molar-refractivity contribution is 5.64. The Morgan fingerprint density at radius 3 is 2.96 bits per heavy atom. The number of rotatable bonds is 3. The lowest BCUT2D eigenvalue weighted by Gasteiger charge is -2.36. The largest absolute Gasteiger partial charge is 0.369 e. The Balaban J connectivity index is 1.64. The van der Waals surface area contributed by atoms with Gasteiger partial charge in [-0.1, -0.05) is 30.3 Å². The third-order valence-corrected chi connectivity index (χ3v) is 4.21. The van der Waals surface area contributed by atoms with E-state index in [1.165, 1.54) is 11.1 Å². The normalized spacial score (nSPS) is 23.3. The van der Waals surface area contributed by atoms with Crippen LogP contribution < -0.4 is 10.6 Å². The molecule has 3 heterocycles. The molecule has 0 amide bonds. The number of allylic oxidation sites excluding steroid dienone is 1. The van der Waals surface area contributed by atoms with Gasteiger partial charge >= 0.3 is 0 Å². The molecule has 0 radical (unpaired) electrons. The van der Waals surface area contributed by atoms with Crippen molar-refractivity contribution in [1.29, 1.82) is 0 Å². The second-order valence-corrected chi connectivity index (χ2v) is 5.76. The molecule has 0 spiro atoms. The van der Waals surface area contributed by atoms with Gasteiger partial charge in [0.2, 0.25) is 0 Å². The van der Waals surface area contributed by atoms with E-state index in [2.05, 4.69) is 55.5 Å². The molecule has 116 valence electrons. The first-order valence-corrected chi connectivity index (χ1v) is 7.85. The molecule has 4 rings (SSSR count). The zero-order valence-electron chi connectivity index (χ0n) is 12.8. The minimum atomic E-state index is 0.0941. The second-order valence-electron chi connectivity index (χ2n) is 5.76. The second kappa shape index (κ2) is 6.22. The van der Waals surface area contributed by atoms with E-state index < -0.39 is 0 Å². The summed E-state index contributed by atoms with van der Waals surface area (Å²) < 4.78 is 2.11. The first kappa shape index (κ1) is 14.0. The van der Waals surface area contributed by atoms with E-state index in [1.807, 2.05) is 37.2 Å². The van der Waals surface area contributed by atoms with E-state index in [1.54, 1.807) is 0 Å². The molecule has 2 unspecified atom stereocenters. The van der Waals surface area contributed by atoms with Crippen LogP contribution in [0.4, 0.5) is 0 Å². The molecular weight excluding hydrogens is 286 g/mol. The number of nitrogens with one attached hydrogen (secondary N) is 2. The quantitative estimate of drug-likeness (QED) is 0.915. The molecular formula is C18H19N5. The fourth-order valence-corrected chi connectivity index (χ4v) is 3.11. The Kier molecular flexibility index (Phi) is 3.78. The summed E-state index contributed by atoms with van der Waals surface area (Å²) in [5.41, 5.74) is 3.74. The molecule has 23 heavy (non-hydrogen) atoms. The Morgan fingerprint density at radius 1 is 1.22 bits per heavy atom. The maximum absolute atomic E-state index is 4.28. The lowest BCUT2D eigenvalue weighted by molar-refractivity contribution is 0.328. The summed E-state index contributed by atoms with van der Waals surface area (Å²) in [4.78, 5) is 8.48. The first-order valence-electron chi connectivity index (χ1n) is 7.85. The van der Waals surface area contributed by atoms with Crippen molar-refractivity contribution in [2.24, 2.45) is 4.99 Å². The smallest absolute Gasteiger partial charge is 0.111 e. The van der Waals surface area contributed by atoms with Crippen LogP contribution in [0.25, 0.3) is 0 Å². The molecule has 5 nitrogen and oxygen atoms in total. The van der Waals surface area contributed by atoms with Gasteiger partial charge in [-0.2, -0.15) is 0 Å². The molecule has 0 bridgehead atoms. The number of nitrogens with zero attached hydrogens (tertiary/aromatic N) is 3. The highest BCUT2D eigenvalue weighted by atomic mass is 15.3. The standard InChI is InChI=1S/C18H19N5/c1-2-4-14(5-3-1)12-17-21-16-7-9-19-8-6-15(16)18(22-17)23-11-10-20-13-23/h1-5,7-11,13,17-18,21-22H,6,12H2. The number of benzene rings is 1. The molecule has 2 aliphatic rings. The van der Waals surface area contributed by atoms with Gasteiger partial charge in [0.25, 0.3) is 0 Å². The first-order chi connectivity index (χ1) is 11.4. The van der Waals surface area contributed by atoms with E-state index in [0.29, 0.717) is 0 Å². The summed E-state index contributed by atoms with van der Waals surface area (Å²) >= 11 is 0. The molecule has 2 aliphatic heterocycles. The average molecular weight is 305 g/mol. The topological polar surface area (TPSA) is 54.2 Å². The molecule has 2 aromatic rings. The lowest BCUT2D eigenvalue weighted by Crippen LogP contribution is -2.51. The van der Waals surface area contributed by atoms with Crippen LogP contribution >= 0.6 is 0 Å². The van der Waals surface area contributed by atoms with Crippen molar-refractivity contribution in [3.63, 3.8) is 0 Å². The molecule has 0 saturated carbocycles. The minimum absolute atomic E-state index is 0.0941. The van der Waals surface area contributed by atoms with E-state index in [0.717, 1.165) is 18.5 Å². The van der Waals surface area contributed by atoms with Crippen LogP contribution in [0.2, 0.25) is 0 Å². The summed E-state index contributed by atoms with van der Waals surface area (Å²) in [7, 11) is 0. The van der Waals surface area contributed by atoms with Crippen LogP contribution in [-0.2, 0) is 6.42 Å². The Bertz CT molecular complexity index is 743. The van der Waals surface area contributed by atoms with Crippen molar-refractivity contribution in [1.82, 2.24) is 20.2 Å². The Hall–Kier alpha value is -2.66. The maximum Gasteiger partial charge on any atom is 0.111 e. The van der Waals surface area contributed by atoms with Crippen LogP contribution in [0, 0.1) is 0 Å². The van der Waals surface area contributed by atoms with Crippen molar-refractivity contribution in [2.75, 3.05) is 0 Å². The minimum Gasteiger partial charge on any atom is -0.369 e. The maximum atomic E-state index is 4.28. The third-order valence-electron chi connectivity index (χ3n) is 4.21. The van der Waals surface area contributed by atoms with Crippen LogP contribution in [-0.4, -0.2) is 21.9 Å². The van der Waals surface area contributed by atoms with Crippen molar-refractivity contribution >= 4 is 6.21 Å². The highest BCUT2D eigenvalue weighted by Gasteiger charge is 2.28. The molecule has 0 fully saturated rings. The lowest BCUT2D eigenvalue weighted by atomic mass is 10.0. The highest BCUT2D eigenvalue weighted by Crippen LogP contribution is 2.27. The predicted octanol–water partition coefficient (Wildman–Crippen LogP) is 2.39. The third kappa shape index (κ3) is 2.96. The summed E-state index contributed by atoms with van der Waals surface area (Å²) in [5.74, 6) is 0. The SMILES string of the molecule is C1=CC2=C(CC=N1)C(n1ccnc1)NC(Cc1ccccc1)N2. The van der Waals surface area contributed by atoms with Crippen molar-refractivity contribution < 1.29 is 0 Å². The molecule has 0 saturated heterocycles. The van der Waals surface area contributed by atoms with Crippen LogP contribution in [0.3, 0.4) is 0 Å². The summed E-state index contributed by atoms with van der Waals surface area (Å²) in [6, 6.07) is 10.5. The fourth-order valence-electron chi connectivity index (χ4n) is 3.11. The molecule has 1 aromatic carbocycles. The van der Waals surface area contributed by atoms with Gasteiger partial charge in [-0.25, -0.2) is 4.98 Å². The summed E-state index contributed by atoms with van der Waals surface area (Å²) in [6.07, 6.45) is 13.5. The summed E-state index contributed by atoms with van der Waals surface area (Å²) in [6.45, 7) is 0. The van der Waals surface area contributed by atoms with Gasteiger partial charge in [0.15, 0.2) is 0 Å². The average Bonchev–Trinajstić information content (AvgIpc) is 3.01. The van der Waals surface area contributed by atoms with Gasteiger partial charge in [0.05, 0.1) is 12.5 Å². The van der Waals surface area contributed by atoms with Gasteiger partial charge in [-0.3, -0.25) is 10.3 Å². The van der Waals surface area contributed by atoms with Gasteiger partial charge in [0, 0.05) is 43.3 Å². The zero-order valence-corrected chi connectivity index (χ0v) is 12.8. The van der Waals surface area contributed by atoms with Crippen LogP contribution in [0.15, 0.2) is 77.6 Å². The Labute approximate surface area is 135 Å². The zero-order chi connectivity index (χ0) is 15.5.